The number of hydrogen-bond acceptors (Lipinski definition) is 3. The second kappa shape index (κ2) is 9.13. The zero-order chi connectivity index (χ0) is 13.8. The van der Waals surface area contributed by atoms with Crippen LogP contribution in [0.3, 0.4) is 0 Å². The van der Waals surface area contributed by atoms with Crippen molar-refractivity contribution in [3.8, 4) is 0 Å². The first-order chi connectivity index (χ1) is 7.60. The fourth-order valence-electron chi connectivity index (χ4n) is 0.947. The Hall–Kier alpha value is 1.13. The number of alkyl halides is 6. The molecule has 0 saturated heterocycles. The maximum Gasteiger partial charge on any atom is 1.00 e. The van der Waals surface area contributed by atoms with E-state index in [0.717, 1.165) is 0 Å². The third kappa shape index (κ3) is 7.65. The van der Waals surface area contributed by atoms with Crippen LogP contribution in [0, 0.1) is 0 Å². The SMILES string of the molecule is O=S(=O)([O-])CC(F)C(F)C(F)C(F)C(F)CF.[K+]. The largest absolute Gasteiger partial charge is 1.00 e. The molecule has 0 aromatic rings. The van der Waals surface area contributed by atoms with Crippen LogP contribution in [0.15, 0.2) is 0 Å². The van der Waals surface area contributed by atoms with Gasteiger partial charge >= 0.3 is 51.4 Å². The van der Waals surface area contributed by atoms with E-state index in [1.165, 1.54) is 0 Å². The van der Waals surface area contributed by atoms with Crippen LogP contribution in [0.5, 0.6) is 0 Å². The molecule has 0 aromatic carbocycles. The van der Waals surface area contributed by atoms with Crippen LogP contribution in [0.25, 0.3) is 0 Å². The quantitative estimate of drug-likeness (QED) is 0.315. The van der Waals surface area contributed by atoms with E-state index >= 15 is 0 Å². The molecule has 11 heteroatoms. The molecular weight excluding hydrogens is 317 g/mol. The van der Waals surface area contributed by atoms with Gasteiger partial charge in [-0.05, 0) is 0 Å². The van der Waals surface area contributed by atoms with Crippen molar-refractivity contribution in [2.24, 2.45) is 0 Å². The number of hydrogen-bond donors (Lipinski definition) is 0. The molecule has 0 aliphatic carbocycles. The van der Waals surface area contributed by atoms with Crippen LogP contribution in [0.2, 0.25) is 0 Å². The first-order valence-electron chi connectivity index (χ1n) is 4.30. The van der Waals surface area contributed by atoms with Crippen molar-refractivity contribution in [3.63, 3.8) is 0 Å². The van der Waals surface area contributed by atoms with Gasteiger partial charge in [0.15, 0.2) is 24.7 Å². The third-order valence-corrected chi connectivity index (χ3v) is 2.54. The minimum Gasteiger partial charge on any atom is -0.748 e. The van der Waals surface area contributed by atoms with Crippen molar-refractivity contribution in [2.45, 2.75) is 30.9 Å². The maximum absolute atomic E-state index is 12.8. The summed E-state index contributed by atoms with van der Waals surface area (Å²) < 4.78 is 105. The summed E-state index contributed by atoms with van der Waals surface area (Å²) in [5, 5.41) is 0. The Labute approximate surface area is 142 Å². The normalized spacial score (nSPS) is 20.4. The second-order valence-electron chi connectivity index (χ2n) is 3.24. The third-order valence-electron chi connectivity index (χ3n) is 1.81. The summed E-state index contributed by atoms with van der Waals surface area (Å²) in [4.78, 5) is 0. The average Bonchev–Trinajstić information content (AvgIpc) is 2.22. The monoisotopic (exact) mass is 326 g/mol. The summed E-state index contributed by atoms with van der Waals surface area (Å²) in [5.41, 5.74) is 0. The Morgan fingerprint density at radius 1 is 0.889 bits per heavy atom. The molecule has 0 bridgehead atoms. The summed E-state index contributed by atoms with van der Waals surface area (Å²) in [5.74, 6) is -1.91. The summed E-state index contributed by atoms with van der Waals surface area (Å²) in [6.45, 7) is -1.94. The molecule has 0 spiro atoms. The van der Waals surface area contributed by atoms with Gasteiger partial charge in [0, 0.05) is 0 Å². The van der Waals surface area contributed by atoms with Crippen LogP contribution in [-0.4, -0.2) is 56.3 Å². The molecule has 104 valence electrons. The Balaban J connectivity index is 0. The maximum atomic E-state index is 12.8. The topological polar surface area (TPSA) is 57.2 Å². The van der Waals surface area contributed by atoms with Gasteiger partial charge in [-0.1, -0.05) is 0 Å². The minimum atomic E-state index is -5.18. The molecule has 0 radical (unpaired) electrons. The predicted octanol–water partition coefficient (Wildman–Crippen LogP) is -1.80. The molecule has 0 aliphatic heterocycles. The van der Waals surface area contributed by atoms with Gasteiger partial charge in [-0.3, -0.25) is 0 Å². The van der Waals surface area contributed by atoms with Crippen LogP contribution in [0.4, 0.5) is 26.3 Å². The van der Waals surface area contributed by atoms with Crippen molar-refractivity contribution < 1.29 is 90.7 Å². The van der Waals surface area contributed by atoms with E-state index in [4.69, 9.17) is 0 Å². The molecular formula is C7H9F6KO3S. The Bertz CT molecular complexity index is 329. The van der Waals surface area contributed by atoms with Gasteiger partial charge in [-0.25, -0.2) is 34.8 Å². The molecule has 18 heavy (non-hydrogen) atoms. The molecule has 0 fully saturated rings. The molecule has 0 N–H and O–H groups in total. The number of halogens is 6. The fraction of sp³-hybridized carbons (Fsp3) is 1.00. The molecule has 5 atom stereocenters. The van der Waals surface area contributed by atoms with Crippen LogP contribution >= 0.6 is 0 Å². The van der Waals surface area contributed by atoms with E-state index in [1.54, 1.807) is 0 Å². The zero-order valence-electron chi connectivity index (χ0n) is 9.20. The van der Waals surface area contributed by atoms with Crippen molar-refractivity contribution in [1.82, 2.24) is 0 Å². The predicted molar refractivity (Wildman–Crippen MR) is 45.0 cm³/mol. The smallest absolute Gasteiger partial charge is 0.748 e. The van der Waals surface area contributed by atoms with E-state index in [9.17, 15) is 39.3 Å². The summed E-state index contributed by atoms with van der Waals surface area (Å²) in [6, 6.07) is 0. The van der Waals surface area contributed by atoms with Gasteiger partial charge in [-0.15, -0.1) is 0 Å². The van der Waals surface area contributed by atoms with Crippen molar-refractivity contribution >= 4 is 10.1 Å². The van der Waals surface area contributed by atoms with E-state index < -0.39 is 53.4 Å². The summed E-state index contributed by atoms with van der Waals surface area (Å²) >= 11 is 0. The van der Waals surface area contributed by atoms with Crippen molar-refractivity contribution in [1.29, 1.82) is 0 Å². The molecule has 3 nitrogen and oxygen atoms in total. The summed E-state index contributed by atoms with van der Waals surface area (Å²) in [6.07, 6.45) is -16.2. The van der Waals surface area contributed by atoms with Crippen LogP contribution in [0.1, 0.15) is 0 Å². The Kier molecular flexibility index (Phi) is 10.9. The van der Waals surface area contributed by atoms with E-state index in [-0.39, 0.29) is 51.4 Å². The van der Waals surface area contributed by atoms with Gasteiger partial charge in [0.05, 0.1) is 15.9 Å². The van der Waals surface area contributed by atoms with Crippen molar-refractivity contribution in [3.05, 3.63) is 0 Å². The van der Waals surface area contributed by atoms with Gasteiger partial charge in [0.2, 0.25) is 0 Å². The van der Waals surface area contributed by atoms with Gasteiger partial charge in [-0.2, -0.15) is 0 Å². The second-order valence-corrected chi connectivity index (χ2v) is 4.69. The van der Waals surface area contributed by atoms with E-state index in [1.807, 2.05) is 0 Å². The van der Waals surface area contributed by atoms with Gasteiger partial charge < -0.3 is 4.55 Å². The molecule has 0 saturated carbocycles. The fourth-order valence-corrected chi connectivity index (χ4v) is 1.52. The van der Waals surface area contributed by atoms with Gasteiger partial charge in [0.25, 0.3) is 0 Å². The Morgan fingerprint density at radius 2 is 1.28 bits per heavy atom. The number of rotatable bonds is 7. The van der Waals surface area contributed by atoms with Gasteiger partial charge in [0.1, 0.15) is 12.8 Å². The Morgan fingerprint density at radius 3 is 1.61 bits per heavy atom. The molecule has 0 aromatic heterocycles. The molecule has 0 aliphatic rings. The first kappa shape index (κ1) is 21.4. The molecule has 0 heterocycles. The van der Waals surface area contributed by atoms with E-state index in [0.29, 0.717) is 0 Å². The zero-order valence-corrected chi connectivity index (χ0v) is 13.1. The van der Waals surface area contributed by atoms with Crippen molar-refractivity contribution in [2.75, 3.05) is 12.4 Å². The molecule has 0 amide bonds. The molecule has 5 unspecified atom stereocenters. The van der Waals surface area contributed by atoms with Crippen LogP contribution < -0.4 is 51.4 Å². The summed E-state index contributed by atoms with van der Waals surface area (Å²) in [7, 11) is -5.18. The minimum absolute atomic E-state index is 0. The van der Waals surface area contributed by atoms with Crippen LogP contribution in [-0.2, 0) is 10.1 Å². The standard InChI is InChI=1S/C7H10F6O3S.K/c8-1-3(9)5(11)7(13)6(12)4(10)2-17(14,15)16;/h3-7H,1-2H2,(H,14,15,16);/q;+1/p-1. The first-order valence-corrected chi connectivity index (χ1v) is 5.87. The van der Waals surface area contributed by atoms with E-state index in [2.05, 4.69) is 0 Å². The average molecular weight is 326 g/mol. The molecule has 0 rings (SSSR count).